The molecule has 0 radical (unpaired) electrons. The average molecular weight is 467 g/mol. The maximum atomic E-state index is 2.48. The number of hydrogen-bond donors (Lipinski definition) is 0. The van der Waals surface area contributed by atoms with Gasteiger partial charge in [-0.2, -0.15) is 9.13 Å². The predicted octanol–water partition coefficient (Wildman–Crippen LogP) is 6.85. The molecule has 2 aliphatic rings. The van der Waals surface area contributed by atoms with E-state index in [9.17, 15) is 0 Å². The molecule has 0 bridgehead atoms. The van der Waals surface area contributed by atoms with E-state index in [1.54, 1.807) is 0 Å². The third-order valence-electron chi connectivity index (χ3n) is 8.46. The van der Waals surface area contributed by atoms with Crippen molar-refractivity contribution in [3.8, 4) is 33.6 Å². The molecule has 7 rings (SSSR count). The summed E-state index contributed by atoms with van der Waals surface area (Å²) >= 11 is 0. The summed E-state index contributed by atoms with van der Waals surface area (Å²) in [6.45, 7) is 9.48. The van der Waals surface area contributed by atoms with Crippen LogP contribution in [0.3, 0.4) is 0 Å². The summed E-state index contributed by atoms with van der Waals surface area (Å²) in [6, 6.07) is 30.8. The van der Waals surface area contributed by atoms with E-state index in [0.717, 1.165) is 0 Å². The van der Waals surface area contributed by atoms with Gasteiger partial charge < -0.3 is 0 Å². The van der Waals surface area contributed by atoms with Gasteiger partial charge in [0, 0.05) is 58.4 Å². The normalized spacial score (nSPS) is 15.7. The van der Waals surface area contributed by atoms with Crippen LogP contribution in [-0.2, 0) is 10.8 Å². The van der Waals surface area contributed by atoms with Crippen LogP contribution >= 0.6 is 0 Å². The fourth-order valence-electron chi connectivity index (χ4n) is 6.35. The first kappa shape index (κ1) is 21.3. The maximum Gasteiger partial charge on any atom is 0.210 e. The topological polar surface area (TPSA) is 7.76 Å². The van der Waals surface area contributed by atoms with E-state index in [0.29, 0.717) is 0 Å². The number of para-hydroxylation sites is 2. The first-order valence-corrected chi connectivity index (χ1v) is 12.8. The summed E-state index contributed by atoms with van der Waals surface area (Å²) in [5.41, 5.74) is 13.3. The summed E-state index contributed by atoms with van der Waals surface area (Å²) in [6.07, 6.45) is 9.07. The number of benzene rings is 3. The molecule has 2 aromatic heterocycles. The van der Waals surface area contributed by atoms with Crippen LogP contribution < -0.4 is 9.13 Å². The molecule has 0 aliphatic heterocycles. The van der Waals surface area contributed by atoms with Gasteiger partial charge in [0.05, 0.1) is 0 Å². The van der Waals surface area contributed by atoms with Crippen molar-refractivity contribution in [1.29, 1.82) is 0 Å². The lowest BCUT2D eigenvalue weighted by molar-refractivity contribution is -0.596. The molecule has 2 heterocycles. The molecule has 5 aromatic rings. The first-order valence-electron chi connectivity index (χ1n) is 12.8. The van der Waals surface area contributed by atoms with E-state index in [2.05, 4.69) is 147 Å². The first-order chi connectivity index (χ1) is 17.4. The zero-order chi connectivity index (χ0) is 24.7. The van der Waals surface area contributed by atoms with Crippen LogP contribution in [-0.4, -0.2) is 0 Å². The summed E-state index contributed by atoms with van der Waals surface area (Å²) in [5, 5.41) is 0. The molecule has 0 spiro atoms. The molecule has 0 N–H and O–H groups in total. The molecule has 0 atom stereocenters. The zero-order valence-electron chi connectivity index (χ0n) is 21.3. The van der Waals surface area contributed by atoms with Crippen molar-refractivity contribution in [2.45, 2.75) is 38.5 Å². The molecule has 36 heavy (non-hydrogen) atoms. The van der Waals surface area contributed by atoms with E-state index in [1.165, 1.54) is 55.9 Å². The summed E-state index contributed by atoms with van der Waals surface area (Å²) in [7, 11) is 0. The van der Waals surface area contributed by atoms with Crippen molar-refractivity contribution in [3.05, 3.63) is 132 Å². The Morgan fingerprint density at radius 3 is 1.22 bits per heavy atom. The van der Waals surface area contributed by atoms with Gasteiger partial charge in [0.2, 0.25) is 11.4 Å². The molecule has 0 fully saturated rings. The Kier molecular flexibility index (Phi) is 4.27. The average Bonchev–Trinajstić information content (AvgIpc) is 3.27. The third kappa shape index (κ3) is 2.85. The minimum atomic E-state index is -0.0664. The second-order valence-electron chi connectivity index (χ2n) is 11.2. The molecule has 0 saturated heterocycles. The molecule has 174 valence electrons. The van der Waals surface area contributed by atoms with E-state index in [1.807, 2.05) is 0 Å². The fraction of sp³-hybridized carbons (Fsp3) is 0.176. The van der Waals surface area contributed by atoms with Gasteiger partial charge in [0.1, 0.15) is 0 Å². The maximum absolute atomic E-state index is 2.48. The van der Waals surface area contributed by atoms with Crippen molar-refractivity contribution in [2.75, 3.05) is 0 Å². The van der Waals surface area contributed by atoms with Crippen LogP contribution in [0, 0.1) is 0 Å². The lowest BCUT2D eigenvalue weighted by Gasteiger charge is -2.23. The van der Waals surface area contributed by atoms with E-state index >= 15 is 0 Å². The number of rotatable bonds is 2. The van der Waals surface area contributed by atoms with Gasteiger partial charge >= 0.3 is 0 Å². The van der Waals surface area contributed by atoms with Crippen molar-refractivity contribution >= 4 is 0 Å². The molecular weight excluding hydrogens is 436 g/mol. The largest absolute Gasteiger partial charge is 0.210 e. The van der Waals surface area contributed by atoms with Crippen molar-refractivity contribution in [1.82, 2.24) is 0 Å². The van der Waals surface area contributed by atoms with E-state index < -0.39 is 0 Å². The van der Waals surface area contributed by atoms with Crippen molar-refractivity contribution < 1.29 is 9.13 Å². The molecular formula is C34H30N2+2. The number of fused-ring (bicyclic) bond motifs is 6. The minimum Gasteiger partial charge on any atom is -0.167 e. The van der Waals surface area contributed by atoms with Gasteiger partial charge in [-0.3, -0.25) is 0 Å². The minimum absolute atomic E-state index is 0.0664. The molecule has 0 unspecified atom stereocenters. The van der Waals surface area contributed by atoms with Crippen molar-refractivity contribution in [2.24, 2.45) is 0 Å². The molecule has 2 nitrogen and oxygen atoms in total. The number of aromatic nitrogens is 2. The quantitative estimate of drug-likeness (QED) is 0.251. The fourth-order valence-corrected chi connectivity index (χ4v) is 6.35. The molecule has 2 aliphatic carbocycles. The molecule has 0 amide bonds. The van der Waals surface area contributed by atoms with E-state index in [-0.39, 0.29) is 10.8 Å². The monoisotopic (exact) mass is 466 g/mol. The molecule has 2 heteroatoms. The summed E-state index contributed by atoms with van der Waals surface area (Å²) in [4.78, 5) is 0. The Labute approximate surface area is 213 Å². The van der Waals surface area contributed by atoms with Gasteiger partial charge in [0.25, 0.3) is 0 Å². The lowest BCUT2D eigenvalue weighted by atomic mass is 9.79. The van der Waals surface area contributed by atoms with E-state index in [4.69, 9.17) is 0 Å². The Balaban J connectivity index is 1.39. The Hall–Kier alpha value is -4.04. The third-order valence-corrected chi connectivity index (χ3v) is 8.46. The molecule has 3 aromatic carbocycles. The number of nitrogens with zero attached hydrogens (tertiary/aromatic N) is 2. The Morgan fingerprint density at radius 1 is 0.444 bits per heavy atom. The second-order valence-corrected chi connectivity index (χ2v) is 11.2. The van der Waals surface area contributed by atoms with Gasteiger partial charge in [-0.15, -0.1) is 0 Å². The number of pyridine rings is 2. The van der Waals surface area contributed by atoms with Gasteiger partial charge in [0.15, 0.2) is 24.8 Å². The predicted molar refractivity (Wildman–Crippen MR) is 145 cm³/mol. The van der Waals surface area contributed by atoms with Gasteiger partial charge in [-0.1, -0.05) is 64.1 Å². The van der Waals surface area contributed by atoms with Crippen LogP contribution in [0.25, 0.3) is 33.6 Å². The second kappa shape index (κ2) is 7.24. The lowest BCUT2D eigenvalue weighted by Crippen LogP contribution is -2.32. The summed E-state index contributed by atoms with van der Waals surface area (Å²) < 4.78 is 4.50. The van der Waals surface area contributed by atoms with Crippen LogP contribution in [0.15, 0.2) is 110 Å². The SMILES string of the molecule is CC1(C)c2cc3c(cc2-c2cc[n+](-c4ccccc4)cc21)C(C)(C)c1c[n+](-c2ccccc2)ccc1-3. The smallest absolute Gasteiger partial charge is 0.167 e. The highest BCUT2D eigenvalue weighted by molar-refractivity contribution is 5.88. The summed E-state index contributed by atoms with van der Waals surface area (Å²) in [5.74, 6) is 0. The van der Waals surface area contributed by atoms with Crippen molar-refractivity contribution in [3.63, 3.8) is 0 Å². The van der Waals surface area contributed by atoms with Crippen LogP contribution in [0.2, 0.25) is 0 Å². The highest BCUT2D eigenvalue weighted by Gasteiger charge is 2.43. The van der Waals surface area contributed by atoms with Crippen LogP contribution in [0.1, 0.15) is 49.9 Å². The standard InChI is InChI=1S/C34H30N2/c1-33(2)29-19-28-26-16-18-36(24-13-9-6-10-14-24)22-32(26)34(3,4)30(28)20-27(29)25-15-17-35(21-31(25)33)23-11-7-5-8-12-23/h5-22H,1-4H3/q+2. The van der Waals surface area contributed by atoms with Gasteiger partial charge in [-0.05, 0) is 45.5 Å². The highest BCUT2D eigenvalue weighted by atomic mass is 14.9. The Morgan fingerprint density at radius 2 is 0.833 bits per heavy atom. The van der Waals surface area contributed by atoms with Gasteiger partial charge in [-0.25, -0.2) is 0 Å². The highest BCUT2D eigenvalue weighted by Crippen LogP contribution is 2.55. The van der Waals surface area contributed by atoms with Crippen LogP contribution in [0.5, 0.6) is 0 Å². The number of hydrogen-bond acceptors (Lipinski definition) is 0. The van der Waals surface area contributed by atoms with Crippen LogP contribution in [0.4, 0.5) is 0 Å². The Bertz CT molecular complexity index is 1530. The zero-order valence-corrected chi connectivity index (χ0v) is 21.3. The molecule has 0 saturated carbocycles.